The molecule has 1 fully saturated rings. The third-order valence-corrected chi connectivity index (χ3v) is 3.04. The lowest BCUT2D eigenvalue weighted by atomic mass is 10.1. The molecule has 1 aliphatic heterocycles. The number of hydrogen-bond donors (Lipinski definition) is 1. The minimum absolute atomic E-state index is 1.19. The van der Waals surface area contributed by atoms with Gasteiger partial charge in [-0.3, -0.25) is 0 Å². The molecule has 0 aliphatic carbocycles. The highest BCUT2D eigenvalue weighted by Gasteiger charge is 2.07. The van der Waals surface area contributed by atoms with Crippen molar-refractivity contribution in [2.24, 2.45) is 0 Å². The van der Waals surface area contributed by atoms with Crippen LogP contribution in [0.15, 0.2) is 0 Å². The molecule has 1 N–H and O–H groups in total. The van der Waals surface area contributed by atoms with Crippen LogP contribution in [0.1, 0.15) is 65.7 Å². The first kappa shape index (κ1) is 16.9. The van der Waals surface area contributed by atoms with Crippen molar-refractivity contribution in [3.05, 3.63) is 0 Å². The van der Waals surface area contributed by atoms with E-state index in [4.69, 9.17) is 0 Å². The molecule has 0 bridgehead atoms. The quantitative estimate of drug-likeness (QED) is 0.685. The third-order valence-electron chi connectivity index (χ3n) is 3.04. The van der Waals surface area contributed by atoms with Crippen molar-refractivity contribution in [2.45, 2.75) is 65.7 Å². The predicted molar refractivity (Wildman–Crippen MR) is 78.7 cm³/mol. The van der Waals surface area contributed by atoms with Gasteiger partial charge in [0, 0.05) is 26.2 Å². The van der Waals surface area contributed by atoms with Gasteiger partial charge < -0.3 is 10.2 Å². The van der Waals surface area contributed by atoms with Crippen LogP contribution in [-0.4, -0.2) is 37.6 Å². The molecular formula is C15H34N2. The van der Waals surface area contributed by atoms with Gasteiger partial charge in [0.2, 0.25) is 0 Å². The number of piperazine rings is 1. The molecule has 0 aromatic carbocycles. The van der Waals surface area contributed by atoms with Crippen LogP contribution >= 0.6 is 0 Å². The molecule has 1 rings (SSSR count). The molecule has 0 amide bonds. The normalized spacial score (nSPS) is 16.4. The Bertz CT molecular complexity index is 131. The standard InChI is InChI=1S/C12H26N2.C3H8/c1-2-3-4-5-6-7-10-14-11-8-13-9-12-14;1-3-2/h13H,2-12H2,1H3;3H2,1-2H3. The van der Waals surface area contributed by atoms with Crippen LogP contribution in [0.3, 0.4) is 0 Å². The van der Waals surface area contributed by atoms with E-state index in [1.165, 1.54) is 77.7 Å². The van der Waals surface area contributed by atoms with Crippen molar-refractivity contribution < 1.29 is 0 Å². The van der Waals surface area contributed by atoms with E-state index in [0.29, 0.717) is 0 Å². The topological polar surface area (TPSA) is 15.3 Å². The van der Waals surface area contributed by atoms with Crippen LogP contribution < -0.4 is 5.32 Å². The first-order valence-corrected chi connectivity index (χ1v) is 7.78. The summed E-state index contributed by atoms with van der Waals surface area (Å²) in [5, 5.41) is 3.39. The summed E-state index contributed by atoms with van der Waals surface area (Å²) in [6.07, 6.45) is 9.76. The number of nitrogens with one attached hydrogen (secondary N) is 1. The Kier molecular flexibility index (Phi) is 13.9. The lowest BCUT2D eigenvalue weighted by Crippen LogP contribution is -2.43. The minimum atomic E-state index is 1.19. The number of nitrogens with zero attached hydrogens (tertiary/aromatic N) is 1. The van der Waals surface area contributed by atoms with Gasteiger partial charge in [-0.1, -0.05) is 59.3 Å². The van der Waals surface area contributed by atoms with Crippen LogP contribution in [0.25, 0.3) is 0 Å². The van der Waals surface area contributed by atoms with Crippen molar-refractivity contribution in [3.8, 4) is 0 Å². The molecule has 1 aliphatic rings. The molecule has 1 saturated heterocycles. The molecule has 2 nitrogen and oxygen atoms in total. The molecule has 0 spiro atoms. The highest BCUT2D eigenvalue weighted by Crippen LogP contribution is 2.06. The molecule has 0 radical (unpaired) electrons. The van der Waals surface area contributed by atoms with Gasteiger partial charge in [-0.2, -0.15) is 0 Å². The Morgan fingerprint density at radius 2 is 1.35 bits per heavy atom. The fraction of sp³-hybridized carbons (Fsp3) is 1.00. The van der Waals surface area contributed by atoms with Crippen LogP contribution in [0, 0.1) is 0 Å². The molecule has 0 saturated carbocycles. The SMILES string of the molecule is CCC.CCCCCCCCN1CCNCC1. The summed E-state index contributed by atoms with van der Waals surface area (Å²) >= 11 is 0. The largest absolute Gasteiger partial charge is 0.314 e. The van der Waals surface area contributed by atoms with E-state index in [0.717, 1.165) is 0 Å². The maximum atomic E-state index is 3.39. The number of rotatable bonds is 7. The van der Waals surface area contributed by atoms with Crippen molar-refractivity contribution in [2.75, 3.05) is 32.7 Å². The average Bonchev–Trinajstić information content (AvgIpc) is 2.36. The molecular weight excluding hydrogens is 208 g/mol. The summed E-state index contributed by atoms with van der Waals surface area (Å²) in [6.45, 7) is 12.8. The highest BCUT2D eigenvalue weighted by atomic mass is 15.2. The van der Waals surface area contributed by atoms with Gasteiger partial charge in [0.1, 0.15) is 0 Å². The maximum absolute atomic E-state index is 3.39. The van der Waals surface area contributed by atoms with E-state index in [-0.39, 0.29) is 0 Å². The zero-order valence-electron chi connectivity index (χ0n) is 12.4. The van der Waals surface area contributed by atoms with Crippen molar-refractivity contribution in [3.63, 3.8) is 0 Å². The van der Waals surface area contributed by atoms with Gasteiger partial charge in [-0.25, -0.2) is 0 Å². The fourth-order valence-electron chi connectivity index (χ4n) is 2.05. The second-order valence-electron chi connectivity index (χ2n) is 5.07. The van der Waals surface area contributed by atoms with Crippen molar-refractivity contribution >= 4 is 0 Å². The van der Waals surface area contributed by atoms with E-state index < -0.39 is 0 Å². The summed E-state index contributed by atoms with van der Waals surface area (Å²) in [5.74, 6) is 0. The summed E-state index contributed by atoms with van der Waals surface area (Å²) in [6, 6.07) is 0. The summed E-state index contributed by atoms with van der Waals surface area (Å²) in [7, 11) is 0. The van der Waals surface area contributed by atoms with Gasteiger partial charge in [0.05, 0.1) is 0 Å². The van der Waals surface area contributed by atoms with E-state index in [9.17, 15) is 0 Å². The van der Waals surface area contributed by atoms with Gasteiger partial charge in [0.15, 0.2) is 0 Å². The number of unbranched alkanes of at least 4 members (excludes halogenated alkanes) is 5. The van der Waals surface area contributed by atoms with Gasteiger partial charge >= 0.3 is 0 Å². The lowest BCUT2D eigenvalue weighted by Gasteiger charge is -2.26. The zero-order chi connectivity index (χ0) is 12.8. The van der Waals surface area contributed by atoms with Crippen LogP contribution in [0.2, 0.25) is 0 Å². The Morgan fingerprint density at radius 3 is 1.94 bits per heavy atom. The van der Waals surface area contributed by atoms with E-state index >= 15 is 0 Å². The Hall–Kier alpha value is -0.0800. The van der Waals surface area contributed by atoms with Gasteiger partial charge in [-0.15, -0.1) is 0 Å². The second kappa shape index (κ2) is 14.0. The van der Waals surface area contributed by atoms with Crippen molar-refractivity contribution in [1.29, 1.82) is 0 Å². The summed E-state index contributed by atoms with van der Waals surface area (Å²) in [5.41, 5.74) is 0. The molecule has 0 atom stereocenters. The van der Waals surface area contributed by atoms with E-state index in [2.05, 4.69) is 31.0 Å². The van der Waals surface area contributed by atoms with E-state index in [1.54, 1.807) is 0 Å². The van der Waals surface area contributed by atoms with Crippen LogP contribution in [0.5, 0.6) is 0 Å². The van der Waals surface area contributed by atoms with E-state index in [1.807, 2.05) is 0 Å². The van der Waals surface area contributed by atoms with Gasteiger partial charge in [0.25, 0.3) is 0 Å². The third kappa shape index (κ3) is 12.2. The first-order valence-electron chi connectivity index (χ1n) is 7.78. The smallest absolute Gasteiger partial charge is 0.0107 e. The monoisotopic (exact) mass is 242 g/mol. The minimum Gasteiger partial charge on any atom is -0.314 e. The molecule has 2 heteroatoms. The Labute approximate surface area is 109 Å². The summed E-state index contributed by atoms with van der Waals surface area (Å²) < 4.78 is 0. The van der Waals surface area contributed by atoms with Crippen LogP contribution in [0.4, 0.5) is 0 Å². The van der Waals surface area contributed by atoms with Crippen LogP contribution in [-0.2, 0) is 0 Å². The molecule has 0 aromatic rings. The average molecular weight is 242 g/mol. The predicted octanol–water partition coefficient (Wildman–Crippen LogP) is 3.67. The van der Waals surface area contributed by atoms with Gasteiger partial charge in [-0.05, 0) is 13.0 Å². The molecule has 17 heavy (non-hydrogen) atoms. The molecule has 0 aromatic heterocycles. The first-order chi connectivity index (χ1) is 8.35. The second-order valence-corrected chi connectivity index (χ2v) is 5.07. The fourth-order valence-corrected chi connectivity index (χ4v) is 2.05. The maximum Gasteiger partial charge on any atom is 0.0107 e. The molecule has 0 unspecified atom stereocenters. The highest BCUT2D eigenvalue weighted by molar-refractivity contribution is 4.67. The lowest BCUT2D eigenvalue weighted by molar-refractivity contribution is 0.236. The molecule has 104 valence electrons. The van der Waals surface area contributed by atoms with Crippen molar-refractivity contribution in [1.82, 2.24) is 10.2 Å². The zero-order valence-corrected chi connectivity index (χ0v) is 12.4. The molecule has 1 heterocycles. The Balaban J connectivity index is 0.000000770. The Morgan fingerprint density at radius 1 is 0.824 bits per heavy atom. The number of hydrogen-bond acceptors (Lipinski definition) is 2. The summed E-state index contributed by atoms with van der Waals surface area (Å²) in [4.78, 5) is 2.59.